The van der Waals surface area contributed by atoms with Crippen molar-refractivity contribution in [1.82, 2.24) is 10.6 Å². The Labute approximate surface area is 148 Å². The predicted molar refractivity (Wildman–Crippen MR) is 98.4 cm³/mol. The van der Waals surface area contributed by atoms with Crippen molar-refractivity contribution < 1.29 is 9.59 Å². The molecule has 0 saturated heterocycles. The molecule has 2 N–H and O–H groups in total. The Morgan fingerprint density at radius 3 is 2.83 bits per heavy atom. The van der Waals surface area contributed by atoms with Crippen LogP contribution in [0.2, 0.25) is 0 Å². The van der Waals surface area contributed by atoms with Crippen molar-refractivity contribution in [3.05, 3.63) is 35.4 Å². The van der Waals surface area contributed by atoms with Crippen LogP contribution < -0.4 is 10.6 Å². The van der Waals surface area contributed by atoms with Crippen molar-refractivity contribution in [2.24, 2.45) is 0 Å². The molecule has 0 bridgehead atoms. The molecule has 0 unspecified atom stereocenters. The maximum atomic E-state index is 12.3. The molecule has 3 rings (SSSR count). The lowest BCUT2D eigenvalue weighted by atomic mass is 9.95. The van der Waals surface area contributed by atoms with Gasteiger partial charge in [-0.25, -0.2) is 0 Å². The molecule has 24 heavy (non-hydrogen) atoms. The fourth-order valence-corrected chi connectivity index (χ4v) is 4.78. The highest BCUT2D eigenvalue weighted by Gasteiger charge is 2.28. The van der Waals surface area contributed by atoms with Gasteiger partial charge in [-0.1, -0.05) is 37.5 Å². The van der Waals surface area contributed by atoms with E-state index in [4.69, 9.17) is 0 Å². The van der Waals surface area contributed by atoms with Crippen molar-refractivity contribution in [1.29, 1.82) is 0 Å². The van der Waals surface area contributed by atoms with E-state index < -0.39 is 6.04 Å². The molecule has 0 spiro atoms. The molecule has 0 aromatic heterocycles. The van der Waals surface area contributed by atoms with Gasteiger partial charge in [0.25, 0.3) is 5.91 Å². The average molecular weight is 346 g/mol. The second-order valence-corrected chi connectivity index (χ2v) is 8.07. The zero-order valence-electron chi connectivity index (χ0n) is 14.1. The van der Waals surface area contributed by atoms with E-state index in [1.54, 1.807) is 6.07 Å². The highest BCUT2D eigenvalue weighted by Crippen LogP contribution is 2.28. The Kier molecular flexibility index (Phi) is 6.18. The van der Waals surface area contributed by atoms with Gasteiger partial charge in [0.05, 0.1) is 0 Å². The molecular weight excluding hydrogens is 320 g/mol. The summed E-state index contributed by atoms with van der Waals surface area (Å²) >= 11 is 2.05. The van der Waals surface area contributed by atoms with Crippen molar-refractivity contribution in [2.45, 2.75) is 56.2 Å². The molecule has 130 valence electrons. The molecule has 1 heterocycles. The van der Waals surface area contributed by atoms with Crippen LogP contribution in [0.25, 0.3) is 0 Å². The van der Waals surface area contributed by atoms with Crippen LogP contribution in [0.1, 0.15) is 54.4 Å². The fraction of sp³-hybridized carbons (Fsp3) is 0.579. The van der Waals surface area contributed by atoms with Crippen LogP contribution in [0.5, 0.6) is 0 Å². The Morgan fingerprint density at radius 2 is 2.00 bits per heavy atom. The number of hydrogen-bond acceptors (Lipinski definition) is 3. The fourth-order valence-electron chi connectivity index (χ4n) is 3.47. The molecule has 1 aliphatic heterocycles. The first-order valence-electron chi connectivity index (χ1n) is 9.02. The number of benzene rings is 1. The molecule has 0 radical (unpaired) electrons. The Bertz CT molecular complexity index is 584. The van der Waals surface area contributed by atoms with E-state index in [0.717, 1.165) is 23.0 Å². The highest BCUT2D eigenvalue weighted by molar-refractivity contribution is 7.99. The first-order valence-corrected chi connectivity index (χ1v) is 10.1. The summed E-state index contributed by atoms with van der Waals surface area (Å²) in [5.41, 5.74) is 1.64. The van der Waals surface area contributed by atoms with Gasteiger partial charge in [0.15, 0.2) is 0 Å². The number of amides is 2. The third kappa shape index (κ3) is 4.53. The summed E-state index contributed by atoms with van der Waals surface area (Å²) in [5.74, 6) is 0.885. The smallest absolute Gasteiger partial charge is 0.252 e. The van der Waals surface area contributed by atoms with E-state index in [9.17, 15) is 9.59 Å². The standard InChI is InChI=1S/C19H26N2O2S/c22-18-16-10-5-4-7-14(16)13-17(21-18)19(23)20-11-6-12-24-15-8-2-1-3-9-15/h4-5,7,10,15,17H,1-3,6,8-9,11-13H2,(H,20,23)(H,21,22)/t17-/m0/s1. The summed E-state index contributed by atoms with van der Waals surface area (Å²) in [7, 11) is 0. The third-order valence-corrected chi connectivity index (χ3v) is 6.30. The van der Waals surface area contributed by atoms with Gasteiger partial charge < -0.3 is 10.6 Å². The van der Waals surface area contributed by atoms with Crippen LogP contribution in [-0.4, -0.2) is 35.4 Å². The second-order valence-electron chi connectivity index (χ2n) is 6.66. The van der Waals surface area contributed by atoms with Gasteiger partial charge in [-0.15, -0.1) is 0 Å². The van der Waals surface area contributed by atoms with Crippen molar-refractivity contribution in [2.75, 3.05) is 12.3 Å². The van der Waals surface area contributed by atoms with Crippen LogP contribution in [-0.2, 0) is 11.2 Å². The van der Waals surface area contributed by atoms with Crippen LogP contribution in [0.3, 0.4) is 0 Å². The number of carbonyl (C=O) groups is 2. The number of nitrogens with one attached hydrogen (secondary N) is 2. The Hall–Kier alpha value is -1.49. The van der Waals surface area contributed by atoms with Gasteiger partial charge in [0.2, 0.25) is 5.91 Å². The maximum absolute atomic E-state index is 12.3. The number of fused-ring (bicyclic) bond motifs is 1. The minimum atomic E-state index is -0.446. The van der Waals surface area contributed by atoms with Gasteiger partial charge in [-0.05, 0) is 36.6 Å². The second kappa shape index (κ2) is 8.56. The molecule has 1 aliphatic carbocycles. The monoisotopic (exact) mass is 346 g/mol. The average Bonchev–Trinajstić information content (AvgIpc) is 2.62. The lowest BCUT2D eigenvalue weighted by Crippen LogP contribution is -2.51. The summed E-state index contributed by atoms with van der Waals surface area (Å²) in [5, 5.41) is 6.61. The number of hydrogen-bond donors (Lipinski definition) is 2. The summed E-state index contributed by atoms with van der Waals surface area (Å²) < 4.78 is 0. The molecule has 4 nitrogen and oxygen atoms in total. The largest absolute Gasteiger partial charge is 0.354 e. The van der Waals surface area contributed by atoms with Gasteiger partial charge in [-0.3, -0.25) is 9.59 Å². The number of thioether (sulfide) groups is 1. The minimum absolute atomic E-state index is 0.0690. The SMILES string of the molecule is O=C1N[C@H](C(=O)NCCCSC2CCCCC2)Cc2ccccc21. The van der Waals surface area contributed by atoms with Crippen LogP contribution in [0.4, 0.5) is 0 Å². The van der Waals surface area contributed by atoms with Gasteiger partial charge in [0, 0.05) is 23.8 Å². The maximum Gasteiger partial charge on any atom is 0.252 e. The van der Waals surface area contributed by atoms with E-state index >= 15 is 0 Å². The van der Waals surface area contributed by atoms with E-state index in [0.29, 0.717) is 18.5 Å². The van der Waals surface area contributed by atoms with Gasteiger partial charge in [0.1, 0.15) is 6.04 Å². The summed E-state index contributed by atoms with van der Waals surface area (Å²) in [4.78, 5) is 24.3. The zero-order chi connectivity index (χ0) is 16.8. The Balaban J connectivity index is 1.37. The molecule has 1 saturated carbocycles. The Morgan fingerprint density at radius 1 is 1.21 bits per heavy atom. The van der Waals surface area contributed by atoms with Gasteiger partial charge >= 0.3 is 0 Å². The summed E-state index contributed by atoms with van der Waals surface area (Å²) in [6, 6.07) is 7.05. The molecule has 1 atom stereocenters. The molecule has 1 aromatic rings. The minimum Gasteiger partial charge on any atom is -0.354 e. The molecule has 1 fully saturated rings. The van der Waals surface area contributed by atoms with Gasteiger partial charge in [-0.2, -0.15) is 11.8 Å². The first kappa shape index (κ1) is 17.3. The molecule has 5 heteroatoms. The van der Waals surface area contributed by atoms with Crippen LogP contribution in [0.15, 0.2) is 24.3 Å². The van der Waals surface area contributed by atoms with Crippen molar-refractivity contribution >= 4 is 23.6 Å². The number of rotatable bonds is 6. The lowest BCUT2D eigenvalue weighted by molar-refractivity contribution is -0.123. The van der Waals surface area contributed by atoms with E-state index in [-0.39, 0.29) is 11.8 Å². The molecule has 2 aliphatic rings. The van der Waals surface area contributed by atoms with Crippen LogP contribution >= 0.6 is 11.8 Å². The molecular formula is C19H26N2O2S. The van der Waals surface area contributed by atoms with Crippen LogP contribution in [0, 0.1) is 0 Å². The lowest BCUT2D eigenvalue weighted by Gasteiger charge is -2.25. The number of carbonyl (C=O) groups excluding carboxylic acids is 2. The first-order chi connectivity index (χ1) is 11.7. The predicted octanol–water partition coefficient (Wildman–Crippen LogP) is 2.91. The summed E-state index contributed by atoms with van der Waals surface area (Å²) in [6.45, 7) is 0.687. The van der Waals surface area contributed by atoms with E-state index in [1.165, 1.54) is 32.1 Å². The van der Waals surface area contributed by atoms with E-state index in [2.05, 4.69) is 22.4 Å². The molecule has 2 amide bonds. The van der Waals surface area contributed by atoms with Crippen molar-refractivity contribution in [3.8, 4) is 0 Å². The zero-order valence-corrected chi connectivity index (χ0v) is 14.9. The quantitative estimate of drug-likeness (QED) is 0.779. The molecule has 1 aromatic carbocycles. The summed E-state index contributed by atoms with van der Waals surface area (Å²) in [6.07, 6.45) is 8.40. The van der Waals surface area contributed by atoms with Crippen molar-refractivity contribution in [3.63, 3.8) is 0 Å². The third-order valence-electron chi connectivity index (χ3n) is 4.83. The highest BCUT2D eigenvalue weighted by atomic mass is 32.2. The van der Waals surface area contributed by atoms with E-state index in [1.807, 2.05) is 18.2 Å². The normalized spacial score (nSPS) is 21.0. The topological polar surface area (TPSA) is 58.2 Å².